The van der Waals surface area contributed by atoms with Crippen LogP contribution in [0.25, 0.3) is 0 Å². The number of piperazine rings is 1. The molecule has 1 saturated carbocycles. The van der Waals surface area contributed by atoms with Gasteiger partial charge in [0.1, 0.15) is 12.1 Å². The third kappa shape index (κ3) is 3.74. The largest absolute Gasteiger partial charge is 0.481 e. The first-order valence-electron chi connectivity index (χ1n) is 9.10. The number of rotatable bonds is 5. The Morgan fingerprint density at radius 3 is 2.56 bits per heavy atom. The fourth-order valence-electron chi connectivity index (χ4n) is 3.48. The summed E-state index contributed by atoms with van der Waals surface area (Å²) in [5.74, 6) is 2.41. The normalized spacial score (nSPS) is 18.8. The first kappa shape index (κ1) is 16.3. The minimum Gasteiger partial charge on any atom is -0.481 e. The number of hydrogen-bond donors (Lipinski definition) is 0. The van der Waals surface area contributed by atoms with Crippen LogP contribution >= 0.6 is 0 Å². The van der Waals surface area contributed by atoms with Gasteiger partial charge in [0.15, 0.2) is 0 Å². The molecule has 6 heteroatoms. The highest BCUT2D eigenvalue weighted by Gasteiger charge is 2.23. The highest BCUT2D eigenvalue weighted by molar-refractivity contribution is 5.40. The van der Waals surface area contributed by atoms with Crippen LogP contribution in [0, 0.1) is 0 Å². The number of anilines is 1. The molecule has 1 aliphatic carbocycles. The molecule has 0 N–H and O–H groups in total. The molecule has 0 spiro atoms. The van der Waals surface area contributed by atoms with Gasteiger partial charge in [0.25, 0.3) is 0 Å². The summed E-state index contributed by atoms with van der Waals surface area (Å²) in [6.07, 6.45) is 7.53. The van der Waals surface area contributed by atoms with Gasteiger partial charge in [-0.2, -0.15) is 0 Å². The Morgan fingerprint density at radius 1 is 1.08 bits per heavy atom. The molecule has 0 aromatic carbocycles. The monoisotopic (exact) mass is 339 g/mol. The molecule has 25 heavy (non-hydrogen) atoms. The van der Waals surface area contributed by atoms with Crippen molar-refractivity contribution >= 4 is 5.82 Å². The predicted molar refractivity (Wildman–Crippen MR) is 96.9 cm³/mol. The van der Waals surface area contributed by atoms with E-state index < -0.39 is 0 Å². The van der Waals surface area contributed by atoms with Crippen molar-refractivity contribution < 1.29 is 4.74 Å². The molecule has 0 radical (unpaired) electrons. The molecule has 0 amide bonds. The lowest BCUT2D eigenvalue weighted by atomic mass is 9.83. The quantitative estimate of drug-likeness (QED) is 0.834. The minimum atomic E-state index is 0.658. The summed E-state index contributed by atoms with van der Waals surface area (Å²) >= 11 is 0. The first-order valence-corrected chi connectivity index (χ1v) is 9.10. The van der Waals surface area contributed by atoms with Crippen molar-refractivity contribution in [3.05, 3.63) is 42.0 Å². The maximum atomic E-state index is 5.12. The molecule has 132 valence electrons. The van der Waals surface area contributed by atoms with E-state index in [4.69, 9.17) is 4.74 Å². The zero-order valence-electron chi connectivity index (χ0n) is 14.8. The Labute approximate surface area is 148 Å². The highest BCUT2D eigenvalue weighted by atomic mass is 16.5. The maximum Gasteiger partial charge on any atom is 0.212 e. The van der Waals surface area contributed by atoms with Crippen LogP contribution in [0.4, 0.5) is 5.82 Å². The second-order valence-electron chi connectivity index (χ2n) is 6.90. The fraction of sp³-hybridized carbons (Fsp3) is 0.526. The van der Waals surface area contributed by atoms with Crippen molar-refractivity contribution in [3.63, 3.8) is 0 Å². The summed E-state index contributed by atoms with van der Waals surface area (Å²) in [5.41, 5.74) is 2.45. The number of hydrogen-bond acceptors (Lipinski definition) is 6. The number of pyridine rings is 1. The highest BCUT2D eigenvalue weighted by Crippen LogP contribution is 2.35. The lowest BCUT2D eigenvalue weighted by Crippen LogP contribution is -2.46. The SMILES string of the molecule is COc1ccc(CN2CCN(c3cc(C4CCC4)ncn3)CC2)cn1. The van der Waals surface area contributed by atoms with Crippen LogP contribution in [0.3, 0.4) is 0 Å². The van der Waals surface area contributed by atoms with Gasteiger partial charge in [-0.3, -0.25) is 4.90 Å². The van der Waals surface area contributed by atoms with Crippen molar-refractivity contribution in [2.45, 2.75) is 31.7 Å². The Bertz CT molecular complexity index is 693. The smallest absolute Gasteiger partial charge is 0.212 e. The molecule has 0 atom stereocenters. The molecule has 0 bridgehead atoms. The number of aromatic nitrogens is 3. The molecule has 2 aliphatic rings. The zero-order valence-corrected chi connectivity index (χ0v) is 14.8. The average Bonchev–Trinajstić information content (AvgIpc) is 2.62. The first-order chi connectivity index (χ1) is 12.3. The lowest BCUT2D eigenvalue weighted by molar-refractivity contribution is 0.249. The minimum absolute atomic E-state index is 0.658. The molecule has 3 heterocycles. The van der Waals surface area contributed by atoms with Gasteiger partial charge >= 0.3 is 0 Å². The van der Waals surface area contributed by atoms with Crippen molar-refractivity contribution in [2.24, 2.45) is 0 Å². The zero-order chi connectivity index (χ0) is 17.1. The van der Waals surface area contributed by atoms with Crippen LogP contribution in [-0.4, -0.2) is 53.1 Å². The Hall–Kier alpha value is -2.21. The molecular formula is C19H25N5O. The molecular weight excluding hydrogens is 314 g/mol. The standard InChI is InChI=1S/C19H25N5O/c1-25-19-6-5-15(12-20-19)13-23-7-9-24(10-8-23)18-11-17(21-14-22-18)16-3-2-4-16/h5-6,11-12,14,16H,2-4,7-10,13H2,1H3. The van der Waals surface area contributed by atoms with Crippen molar-refractivity contribution in [2.75, 3.05) is 38.2 Å². The topological polar surface area (TPSA) is 54.4 Å². The summed E-state index contributed by atoms with van der Waals surface area (Å²) in [7, 11) is 1.64. The van der Waals surface area contributed by atoms with E-state index in [-0.39, 0.29) is 0 Å². The van der Waals surface area contributed by atoms with E-state index in [9.17, 15) is 0 Å². The second-order valence-corrected chi connectivity index (χ2v) is 6.90. The van der Waals surface area contributed by atoms with Gasteiger partial charge in [-0.15, -0.1) is 0 Å². The van der Waals surface area contributed by atoms with Crippen LogP contribution in [0.2, 0.25) is 0 Å². The van der Waals surface area contributed by atoms with Crippen LogP contribution in [0.5, 0.6) is 5.88 Å². The van der Waals surface area contributed by atoms with E-state index in [0.29, 0.717) is 11.8 Å². The summed E-state index contributed by atoms with van der Waals surface area (Å²) in [6, 6.07) is 6.22. The van der Waals surface area contributed by atoms with E-state index in [1.54, 1.807) is 13.4 Å². The van der Waals surface area contributed by atoms with Gasteiger partial charge in [-0.1, -0.05) is 12.5 Å². The number of methoxy groups -OCH3 is 1. The lowest BCUT2D eigenvalue weighted by Gasteiger charge is -2.35. The third-order valence-electron chi connectivity index (χ3n) is 5.31. The molecule has 6 nitrogen and oxygen atoms in total. The summed E-state index contributed by atoms with van der Waals surface area (Å²) in [4.78, 5) is 18.1. The van der Waals surface area contributed by atoms with E-state index in [2.05, 4.69) is 36.9 Å². The van der Waals surface area contributed by atoms with Gasteiger partial charge in [-0.25, -0.2) is 15.0 Å². The van der Waals surface area contributed by atoms with E-state index in [0.717, 1.165) is 38.5 Å². The van der Waals surface area contributed by atoms with Gasteiger partial charge in [0.05, 0.1) is 7.11 Å². The number of ether oxygens (including phenoxy) is 1. The molecule has 2 fully saturated rings. The Balaban J connectivity index is 1.33. The predicted octanol–water partition coefficient (Wildman–Crippen LogP) is 2.47. The van der Waals surface area contributed by atoms with Gasteiger partial charge in [0, 0.05) is 62.7 Å². The summed E-state index contributed by atoms with van der Waals surface area (Å²) in [6.45, 7) is 5.01. The van der Waals surface area contributed by atoms with E-state index in [1.807, 2.05) is 12.3 Å². The molecule has 1 saturated heterocycles. The third-order valence-corrected chi connectivity index (χ3v) is 5.31. The van der Waals surface area contributed by atoms with Crippen molar-refractivity contribution in [1.82, 2.24) is 19.9 Å². The molecule has 1 aliphatic heterocycles. The van der Waals surface area contributed by atoms with Gasteiger partial charge in [-0.05, 0) is 18.4 Å². The summed E-state index contributed by atoms with van der Waals surface area (Å²) < 4.78 is 5.12. The molecule has 4 rings (SSSR count). The second kappa shape index (κ2) is 7.35. The Morgan fingerprint density at radius 2 is 1.92 bits per heavy atom. The average molecular weight is 339 g/mol. The van der Waals surface area contributed by atoms with E-state index >= 15 is 0 Å². The Kier molecular flexibility index (Phi) is 4.78. The van der Waals surface area contributed by atoms with Gasteiger partial charge < -0.3 is 9.64 Å². The van der Waals surface area contributed by atoms with Crippen molar-refractivity contribution in [1.29, 1.82) is 0 Å². The molecule has 2 aromatic heterocycles. The summed E-state index contributed by atoms with van der Waals surface area (Å²) in [5, 5.41) is 0. The maximum absolute atomic E-state index is 5.12. The van der Waals surface area contributed by atoms with E-state index in [1.165, 1.54) is 30.5 Å². The van der Waals surface area contributed by atoms with Crippen molar-refractivity contribution in [3.8, 4) is 5.88 Å². The van der Waals surface area contributed by atoms with Gasteiger partial charge in [0.2, 0.25) is 5.88 Å². The van der Waals surface area contributed by atoms with Crippen LogP contribution < -0.4 is 9.64 Å². The molecule has 0 unspecified atom stereocenters. The van der Waals surface area contributed by atoms with Crippen LogP contribution in [-0.2, 0) is 6.54 Å². The molecule has 2 aromatic rings. The number of nitrogens with zero attached hydrogens (tertiary/aromatic N) is 5. The fourth-order valence-corrected chi connectivity index (χ4v) is 3.48. The van der Waals surface area contributed by atoms with Crippen LogP contribution in [0.15, 0.2) is 30.7 Å². The van der Waals surface area contributed by atoms with Crippen LogP contribution in [0.1, 0.15) is 36.4 Å².